The lowest BCUT2D eigenvalue weighted by Crippen LogP contribution is -2.54. The Hall–Kier alpha value is -2.28. The summed E-state index contributed by atoms with van der Waals surface area (Å²) in [5, 5.41) is 3.74. The molecule has 0 saturated heterocycles. The van der Waals surface area contributed by atoms with Crippen LogP contribution >= 0.6 is 39.3 Å². The molecule has 7 heteroatoms. The van der Waals surface area contributed by atoms with Gasteiger partial charge in [-0.25, -0.2) is 0 Å². The second kappa shape index (κ2) is 12.6. The van der Waals surface area contributed by atoms with Gasteiger partial charge in [-0.15, -0.1) is 11.8 Å². The van der Waals surface area contributed by atoms with Gasteiger partial charge in [0.25, 0.3) is 0 Å². The van der Waals surface area contributed by atoms with Crippen LogP contribution in [0.1, 0.15) is 31.9 Å². The standard InChI is InChI=1S/C28H30BrClN2O2S/c1-28(2,3)31-27(34)25(17-20-8-5-4-6-9-20)32(18-21-10-7-11-22(29)16-21)26(33)19-35-24-14-12-23(30)13-15-24/h4-16,25H,17-19H2,1-3H3,(H,31,34)/t25-/m0/s1. The van der Waals surface area contributed by atoms with E-state index < -0.39 is 11.6 Å². The first-order chi connectivity index (χ1) is 16.6. The number of hydrogen-bond donors (Lipinski definition) is 1. The molecule has 0 aromatic heterocycles. The molecule has 0 saturated carbocycles. The third-order valence-corrected chi connectivity index (χ3v) is 6.93. The number of thioether (sulfide) groups is 1. The van der Waals surface area contributed by atoms with Crippen LogP contribution in [0.3, 0.4) is 0 Å². The molecular formula is C28H30BrClN2O2S. The van der Waals surface area contributed by atoms with E-state index in [1.165, 1.54) is 11.8 Å². The van der Waals surface area contributed by atoms with Crippen LogP contribution in [0.5, 0.6) is 0 Å². The van der Waals surface area contributed by atoms with Gasteiger partial charge in [0.2, 0.25) is 11.8 Å². The zero-order valence-corrected chi connectivity index (χ0v) is 23.3. The highest BCUT2D eigenvalue weighted by Crippen LogP contribution is 2.23. The summed E-state index contributed by atoms with van der Waals surface area (Å²) >= 11 is 11.0. The number of carbonyl (C=O) groups excluding carboxylic acids is 2. The molecule has 0 aliphatic rings. The summed E-state index contributed by atoms with van der Waals surface area (Å²) in [5.74, 6) is -0.0555. The molecular weight excluding hydrogens is 544 g/mol. The predicted octanol–water partition coefficient (Wildman–Crippen LogP) is 6.75. The van der Waals surface area contributed by atoms with Crippen molar-refractivity contribution in [3.63, 3.8) is 0 Å². The van der Waals surface area contributed by atoms with Gasteiger partial charge in [-0.3, -0.25) is 9.59 Å². The predicted molar refractivity (Wildman–Crippen MR) is 149 cm³/mol. The number of nitrogens with one attached hydrogen (secondary N) is 1. The average Bonchev–Trinajstić information content (AvgIpc) is 2.80. The molecule has 0 aliphatic heterocycles. The molecule has 3 rings (SSSR count). The van der Waals surface area contributed by atoms with Gasteiger partial charge in [-0.05, 0) is 68.3 Å². The van der Waals surface area contributed by atoms with E-state index in [0.717, 1.165) is 20.5 Å². The van der Waals surface area contributed by atoms with Crippen LogP contribution in [0.25, 0.3) is 0 Å². The number of carbonyl (C=O) groups is 2. The lowest BCUT2D eigenvalue weighted by molar-refractivity contribution is -0.140. The number of rotatable bonds is 9. The summed E-state index contributed by atoms with van der Waals surface area (Å²) in [4.78, 5) is 29.9. The minimum Gasteiger partial charge on any atom is -0.350 e. The van der Waals surface area contributed by atoms with Crippen molar-refractivity contribution in [1.82, 2.24) is 10.2 Å². The molecule has 0 spiro atoms. The Bertz CT molecular complexity index is 1130. The number of hydrogen-bond acceptors (Lipinski definition) is 3. The number of amides is 2. The van der Waals surface area contributed by atoms with Gasteiger partial charge in [-0.2, -0.15) is 0 Å². The Kier molecular flexibility index (Phi) is 9.84. The first-order valence-electron chi connectivity index (χ1n) is 11.4. The highest BCUT2D eigenvalue weighted by Gasteiger charge is 2.32. The molecule has 35 heavy (non-hydrogen) atoms. The monoisotopic (exact) mass is 572 g/mol. The van der Waals surface area contributed by atoms with Crippen molar-refractivity contribution in [2.75, 3.05) is 5.75 Å². The quantitative estimate of drug-likeness (QED) is 0.288. The maximum atomic E-state index is 13.7. The van der Waals surface area contributed by atoms with Crippen LogP contribution in [-0.2, 0) is 22.6 Å². The van der Waals surface area contributed by atoms with Gasteiger partial charge in [0.05, 0.1) is 5.75 Å². The lowest BCUT2D eigenvalue weighted by Gasteiger charge is -2.34. The van der Waals surface area contributed by atoms with Gasteiger partial charge in [0.1, 0.15) is 6.04 Å². The summed E-state index contributed by atoms with van der Waals surface area (Å²) in [6, 6.07) is 24.4. The Balaban J connectivity index is 1.92. The van der Waals surface area contributed by atoms with Crippen molar-refractivity contribution in [3.05, 3.63) is 99.5 Å². The van der Waals surface area contributed by atoms with Crippen LogP contribution in [0.2, 0.25) is 5.02 Å². The molecule has 0 aliphatic carbocycles. The van der Waals surface area contributed by atoms with E-state index in [9.17, 15) is 9.59 Å². The van der Waals surface area contributed by atoms with Gasteiger partial charge < -0.3 is 10.2 Å². The van der Waals surface area contributed by atoms with Crippen molar-refractivity contribution in [3.8, 4) is 0 Å². The van der Waals surface area contributed by atoms with E-state index in [1.54, 1.807) is 4.90 Å². The summed E-state index contributed by atoms with van der Waals surface area (Å²) in [6.07, 6.45) is 0.425. The van der Waals surface area contributed by atoms with E-state index in [-0.39, 0.29) is 17.6 Å². The first kappa shape index (κ1) is 27.3. The Morgan fingerprint density at radius 1 is 0.971 bits per heavy atom. The Morgan fingerprint density at radius 3 is 2.26 bits per heavy atom. The molecule has 1 N–H and O–H groups in total. The Labute approximate surface area is 225 Å². The smallest absolute Gasteiger partial charge is 0.243 e. The zero-order chi connectivity index (χ0) is 25.4. The molecule has 0 unspecified atom stereocenters. The normalized spacial score (nSPS) is 12.1. The summed E-state index contributed by atoms with van der Waals surface area (Å²) in [6.45, 7) is 6.17. The van der Waals surface area contributed by atoms with Crippen LogP contribution < -0.4 is 5.32 Å². The van der Waals surface area contributed by atoms with E-state index in [1.807, 2.05) is 99.6 Å². The highest BCUT2D eigenvalue weighted by atomic mass is 79.9. The van der Waals surface area contributed by atoms with E-state index in [4.69, 9.17) is 11.6 Å². The van der Waals surface area contributed by atoms with Gasteiger partial charge in [0, 0.05) is 32.9 Å². The average molecular weight is 574 g/mol. The molecule has 0 heterocycles. The maximum absolute atomic E-state index is 13.7. The molecule has 0 bridgehead atoms. The zero-order valence-electron chi connectivity index (χ0n) is 20.1. The Morgan fingerprint density at radius 2 is 1.63 bits per heavy atom. The minimum atomic E-state index is -0.658. The molecule has 0 fully saturated rings. The summed E-state index contributed by atoms with van der Waals surface area (Å²) < 4.78 is 0.927. The topological polar surface area (TPSA) is 49.4 Å². The van der Waals surface area contributed by atoms with E-state index in [0.29, 0.717) is 18.0 Å². The largest absolute Gasteiger partial charge is 0.350 e. The number of nitrogens with zero attached hydrogens (tertiary/aromatic N) is 1. The van der Waals surface area contributed by atoms with Crippen molar-refractivity contribution in [2.45, 2.75) is 50.2 Å². The number of benzene rings is 3. The van der Waals surface area contributed by atoms with Gasteiger partial charge in [-0.1, -0.05) is 70.0 Å². The third kappa shape index (κ3) is 9.02. The minimum absolute atomic E-state index is 0.102. The van der Waals surface area contributed by atoms with E-state index >= 15 is 0 Å². The molecule has 3 aromatic carbocycles. The summed E-state index contributed by atoms with van der Waals surface area (Å²) in [7, 11) is 0. The fourth-order valence-corrected chi connectivity index (χ4v) is 4.95. The molecule has 1 atom stereocenters. The summed E-state index contributed by atoms with van der Waals surface area (Å²) in [5.41, 5.74) is 1.53. The third-order valence-electron chi connectivity index (χ3n) is 5.19. The molecule has 0 radical (unpaired) electrons. The van der Waals surface area contributed by atoms with Crippen molar-refractivity contribution in [2.24, 2.45) is 0 Å². The highest BCUT2D eigenvalue weighted by molar-refractivity contribution is 9.10. The first-order valence-corrected chi connectivity index (χ1v) is 13.5. The molecule has 184 valence electrons. The van der Waals surface area contributed by atoms with Crippen molar-refractivity contribution < 1.29 is 9.59 Å². The van der Waals surface area contributed by atoms with Crippen LogP contribution in [0.4, 0.5) is 0 Å². The fraction of sp³-hybridized carbons (Fsp3) is 0.286. The van der Waals surface area contributed by atoms with Gasteiger partial charge >= 0.3 is 0 Å². The van der Waals surface area contributed by atoms with Crippen LogP contribution in [-0.4, -0.2) is 34.0 Å². The lowest BCUT2D eigenvalue weighted by atomic mass is 10.0. The molecule has 2 amide bonds. The number of halogens is 2. The van der Waals surface area contributed by atoms with E-state index in [2.05, 4.69) is 21.2 Å². The maximum Gasteiger partial charge on any atom is 0.243 e. The second-order valence-corrected chi connectivity index (χ2v) is 11.7. The van der Waals surface area contributed by atoms with Crippen molar-refractivity contribution >= 4 is 51.1 Å². The van der Waals surface area contributed by atoms with Gasteiger partial charge in [0.15, 0.2) is 0 Å². The van der Waals surface area contributed by atoms with Crippen LogP contribution in [0, 0.1) is 0 Å². The second-order valence-electron chi connectivity index (χ2n) is 9.34. The van der Waals surface area contributed by atoms with Crippen LogP contribution in [0.15, 0.2) is 88.2 Å². The SMILES string of the molecule is CC(C)(C)NC(=O)[C@H](Cc1ccccc1)N(Cc1cccc(Br)c1)C(=O)CSc1ccc(Cl)cc1. The fourth-order valence-electron chi connectivity index (χ4n) is 3.60. The molecule has 3 aromatic rings. The molecule has 4 nitrogen and oxygen atoms in total. The van der Waals surface area contributed by atoms with Crippen molar-refractivity contribution in [1.29, 1.82) is 0 Å².